The van der Waals surface area contributed by atoms with E-state index in [1.54, 1.807) is 6.07 Å². The molecule has 4 rings (SSSR count). The molecule has 1 aliphatic heterocycles. The van der Waals surface area contributed by atoms with Crippen molar-refractivity contribution < 1.29 is 5.11 Å². The molecule has 0 bridgehead atoms. The Labute approximate surface area is 204 Å². The average Bonchev–Trinajstić information content (AvgIpc) is 3.09. The summed E-state index contributed by atoms with van der Waals surface area (Å²) in [5.74, 6) is 1.31. The van der Waals surface area contributed by atoms with Gasteiger partial charge in [0.2, 0.25) is 4.77 Å². The number of hydrogen-bond acceptors (Lipinski definition) is 4. The molecule has 170 valence electrons. The van der Waals surface area contributed by atoms with Crippen molar-refractivity contribution in [3.63, 3.8) is 0 Å². The van der Waals surface area contributed by atoms with Crippen LogP contribution in [0, 0.1) is 10.7 Å². The van der Waals surface area contributed by atoms with E-state index in [0.717, 1.165) is 37.2 Å². The van der Waals surface area contributed by atoms with Gasteiger partial charge in [-0.2, -0.15) is 0 Å². The predicted octanol–water partition coefficient (Wildman–Crippen LogP) is 6.16. The first-order valence-corrected chi connectivity index (χ1v) is 12.1. The summed E-state index contributed by atoms with van der Waals surface area (Å²) in [4.78, 5) is 2.30. The van der Waals surface area contributed by atoms with Crippen LogP contribution in [0.25, 0.3) is 17.1 Å². The maximum absolute atomic E-state index is 9.61. The van der Waals surface area contributed by atoms with Gasteiger partial charge in [-0.25, -0.2) is 4.68 Å². The first kappa shape index (κ1) is 23.5. The molecule has 32 heavy (non-hydrogen) atoms. The normalized spacial score (nSPS) is 17.2. The summed E-state index contributed by atoms with van der Waals surface area (Å²) >= 11 is 18.7. The van der Waals surface area contributed by atoms with Gasteiger partial charge in [-0.05, 0) is 73.3 Å². The number of para-hydroxylation sites is 1. The number of halogens is 2. The molecule has 0 amide bonds. The molecule has 0 aliphatic carbocycles. The molecule has 3 aromatic rings. The molecule has 2 aromatic carbocycles. The van der Waals surface area contributed by atoms with E-state index in [-0.39, 0.29) is 6.61 Å². The standard InChI is InChI=1S/C24H28Cl2N4OS/c1-16(2)19-7-3-4-8-22(19)30-23(20-10-9-18(25)12-21(20)26)27-29(24(30)32)15-28-11-5-6-17(13-28)14-31/h3-4,7-10,12,16-17,31H,5-6,11,13-15H2,1-2H3/t17-/m0/s1. The number of aliphatic hydroxyl groups is 1. The molecule has 1 saturated heterocycles. The van der Waals surface area contributed by atoms with Crippen molar-refractivity contribution in [2.75, 3.05) is 19.7 Å². The fourth-order valence-corrected chi connectivity index (χ4v) is 5.14. The summed E-state index contributed by atoms with van der Waals surface area (Å²) < 4.78 is 4.50. The summed E-state index contributed by atoms with van der Waals surface area (Å²) in [6.45, 7) is 6.93. The van der Waals surface area contributed by atoms with Gasteiger partial charge in [-0.15, -0.1) is 5.10 Å². The summed E-state index contributed by atoms with van der Waals surface area (Å²) in [5, 5.41) is 15.7. The van der Waals surface area contributed by atoms with E-state index >= 15 is 0 Å². The Kier molecular flexibility index (Phi) is 7.37. The minimum Gasteiger partial charge on any atom is -0.396 e. The number of piperidine rings is 1. The molecule has 0 spiro atoms. The fourth-order valence-electron chi connectivity index (χ4n) is 4.36. The third-order valence-corrected chi connectivity index (χ3v) is 6.95. The van der Waals surface area contributed by atoms with Crippen molar-refractivity contribution in [1.29, 1.82) is 0 Å². The van der Waals surface area contributed by atoms with E-state index in [2.05, 4.69) is 30.9 Å². The van der Waals surface area contributed by atoms with Crippen LogP contribution in [0.5, 0.6) is 0 Å². The SMILES string of the molecule is CC(C)c1ccccc1-n1c(-c2ccc(Cl)cc2Cl)nn(CN2CCC[C@H](CO)C2)c1=S. The highest BCUT2D eigenvalue weighted by Crippen LogP contribution is 2.33. The Morgan fingerprint density at radius 1 is 1.19 bits per heavy atom. The predicted molar refractivity (Wildman–Crippen MR) is 133 cm³/mol. The topological polar surface area (TPSA) is 46.2 Å². The van der Waals surface area contributed by atoms with Gasteiger partial charge in [0.05, 0.1) is 17.4 Å². The van der Waals surface area contributed by atoms with Crippen molar-refractivity contribution in [2.24, 2.45) is 5.92 Å². The van der Waals surface area contributed by atoms with Crippen LogP contribution in [-0.2, 0) is 6.67 Å². The molecule has 1 aliphatic rings. The Morgan fingerprint density at radius 3 is 2.69 bits per heavy atom. The van der Waals surface area contributed by atoms with E-state index in [4.69, 9.17) is 40.5 Å². The zero-order chi connectivity index (χ0) is 22.8. The Morgan fingerprint density at radius 2 is 1.97 bits per heavy atom. The van der Waals surface area contributed by atoms with Crippen LogP contribution < -0.4 is 0 Å². The van der Waals surface area contributed by atoms with E-state index in [1.165, 1.54) is 5.56 Å². The van der Waals surface area contributed by atoms with Gasteiger partial charge < -0.3 is 5.11 Å². The van der Waals surface area contributed by atoms with Crippen LogP contribution in [0.1, 0.15) is 38.2 Å². The summed E-state index contributed by atoms with van der Waals surface area (Å²) in [7, 11) is 0. The molecule has 5 nitrogen and oxygen atoms in total. The maximum atomic E-state index is 9.61. The zero-order valence-corrected chi connectivity index (χ0v) is 20.7. The number of benzene rings is 2. The molecule has 0 unspecified atom stereocenters. The largest absolute Gasteiger partial charge is 0.396 e. The molecule has 8 heteroatoms. The highest BCUT2D eigenvalue weighted by atomic mass is 35.5. The molecule has 0 radical (unpaired) electrons. The molecular formula is C24H28Cl2N4OS. The number of aliphatic hydroxyl groups excluding tert-OH is 1. The molecular weight excluding hydrogens is 463 g/mol. The lowest BCUT2D eigenvalue weighted by Crippen LogP contribution is -2.38. The average molecular weight is 491 g/mol. The van der Waals surface area contributed by atoms with Crippen LogP contribution in [-0.4, -0.2) is 44.1 Å². The van der Waals surface area contributed by atoms with Crippen molar-refractivity contribution in [3.05, 3.63) is 62.8 Å². The zero-order valence-electron chi connectivity index (χ0n) is 18.3. The van der Waals surface area contributed by atoms with Gasteiger partial charge in [0.15, 0.2) is 5.82 Å². The second-order valence-electron chi connectivity index (χ2n) is 8.69. The summed E-state index contributed by atoms with van der Waals surface area (Å²) in [6.07, 6.45) is 2.12. The lowest BCUT2D eigenvalue weighted by molar-refractivity contribution is 0.0939. The van der Waals surface area contributed by atoms with Gasteiger partial charge in [0, 0.05) is 23.7 Å². The lowest BCUT2D eigenvalue weighted by atomic mass is 10.00. The highest BCUT2D eigenvalue weighted by Gasteiger charge is 2.23. The van der Waals surface area contributed by atoms with E-state index < -0.39 is 0 Å². The number of aromatic nitrogens is 3. The van der Waals surface area contributed by atoms with Gasteiger partial charge >= 0.3 is 0 Å². The number of nitrogens with zero attached hydrogens (tertiary/aromatic N) is 4. The van der Waals surface area contributed by atoms with Crippen molar-refractivity contribution in [1.82, 2.24) is 19.2 Å². The van der Waals surface area contributed by atoms with Gasteiger partial charge in [0.25, 0.3) is 0 Å². The Balaban J connectivity index is 1.85. The van der Waals surface area contributed by atoms with Crippen molar-refractivity contribution in [2.45, 2.75) is 39.3 Å². The monoisotopic (exact) mass is 490 g/mol. The summed E-state index contributed by atoms with van der Waals surface area (Å²) in [6, 6.07) is 13.7. The smallest absolute Gasteiger partial charge is 0.204 e. The second-order valence-corrected chi connectivity index (χ2v) is 9.90. The molecule has 1 aromatic heterocycles. The Bertz CT molecular complexity index is 1160. The van der Waals surface area contributed by atoms with E-state index in [0.29, 0.717) is 39.1 Å². The lowest BCUT2D eigenvalue weighted by Gasteiger charge is -2.31. The second kappa shape index (κ2) is 10.1. The van der Waals surface area contributed by atoms with Crippen LogP contribution in [0.4, 0.5) is 0 Å². The van der Waals surface area contributed by atoms with E-state index in [9.17, 15) is 5.11 Å². The fraction of sp³-hybridized carbons (Fsp3) is 0.417. The van der Waals surface area contributed by atoms with Gasteiger partial charge in [-0.3, -0.25) is 9.47 Å². The van der Waals surface area contributed by atoms with Gasteiger partial charge in [-0.1, -0.05) is 55.2 Å². The van der Waals surface area contributed by atoms with E-state index in [1.807, 2.05) is 33.5 Å². The van der Waals surface area contributed by atoms with Crippen molar-refractivity contribution >= 4 is 35.4 Å². The molecule has 2 heterocycles. The highest BCUT2D eigenvalue weighted by molar-refractivity contribution is 7.71. The Hall–Kier alpha value is -1.70. The molecule has 1 atom stereocenters. The summed E-state index contributed by atoms with van der Waals surface area (Å²) in [5.41, 5.74) is 2.98. The minimum absolute atomic E-state index is 0.212. The number of rotatable bonds is 6. The number of likely N-dealkylation sites (tertiary alicyclic amines) is 1. The third kappa shape index (κ3) is 4.80. The van der Waals surface area contributed by atoms with Crippen LogP contribution in [0.2, 0.25) is 10.0 Å². The van der Waals surface area contributed by atoms with Crippen molar-refractivity contribution in [3.8, 4) is 17.1 Å². The molecule has 1 N–H and O–H groups in total. The van der Waals surface area contributed by atoms with Crippen LogP contribution in [0.3, 0.4) is 0 Å². The maximum Gasteiger partial charge on any atom is 0.204 e. The first-order chi connectivity index (χ1) is 15.4. The van der Waals surface area contributed by atoms with Crippen LogP contribution >= 0.6 is 35.4 Å². The van der Waals surface area contributed by atoms with Crippen LogP contribution in [0.15, 0.2) is 42.5 Å². The quantitative estimate of drug-likeness (QED) is 0.420. The number of hydrogen-bond donors (Lipinski definition) is 1. The molecule has 1 fully saturated rings. The van der Waals surface area contributed by atoms with Gasteiger partial charge in [0.1, 0.15) is 0 Å². The first-order valence-electron chi connectivity index (χ1n) is 11.0. The third-order valence-electron chi connectivity index (χ3n) is 6.01. The minimum atomic E-state index is 0.212. The molecule has 0 saturated carbocycles.